The van der Waals surface area contributed by atoms with Crippen LogP contribution in [0.25, 0.3) is 0 Å². The van der Waals surface area contributed by atoms with Crippen LogP contribution in [0.1, 0.15) is 0 Å². The van der Waals surface area contributed by atoms with Crippen LogP contribution in [0.5, 0.6) is 0 Å². The fraction of sp³-hybridized carbons (Fsp3) is 1.00. The third-order valence-corrected chi connectivity index (χ3v) is 156. The van der Waals surface area contributed by atoms with E-state index in [1.54, 1.807) is 0 Å². The van der Waals surface area contributed by atoms with Crippen molar-refractivity contribution < 1.29 is 0 Å². The molecule has 0 fully saturated rings. The summed E-state index contributed by atoms with van der Waals surface area (Å²) < 4.78 is 0. The average molecular weight is 660 g/mol. The standard InChI is InChI=1S/C16H48Si8.C3H9Si.Sb/c1-19(2,3)17(20(4,5)6)23(13,14)24(15,16)18(21(7,8)9)22(10,11)12;1-4(2)3;/h1-16H3;1-3H3;. The third-order valence-electron chi connectivity index (χ3n) is 5.81. The van der Waals surface area contributed by atoms with E-state index in [9.17, 15) is 0 Å². The van der Waals surface area contributed by atoms with Crippen molar-refractivity contribution in [2.24, 2.45) is 0 Å². The molecule has 0 N–H and O–H groups in total. The van der Waals surface area contributed by atoms with E-state index in [0.717, 1.165) is 0 Å². The van der Waals surface area contributed by atoms with Gasteiger partial charge < -0.3 is 0 Å². The second-order valence-electron chi connectivity index (χ2n) is 14.5. The molecule has 0 saturated carbocycles. The van der Waals surface area contributed by atoms with Crippen LogP contribution in [-0.2, 0) is 0 Å². The van der Waals surface area contributed by atoms with E-state index < -0.39 is 44.6 Å². The summed E-state index contributed by atoms with van der Waals surface area (Å²) in [6, 6.07) is 0. The van der Waals surface area contributed by atoms with E-state index in [4.69, 9.17) is 0 Å². The van der Waals surface area contributed by atoms with Crippen molar-refractivity contribution in [1.29, 1.82) is 0 Å². The zero-order valence-corrected chi connectivity index (χ0v) is 35.5. The second-order valence-corrected chi connectivity index (χ2v) is 97.5. The minimum Gasteiger partial charge on any atom is -0.0739 e. The Labute approximate surface area is 215 Å². The maximum absolute atomic E-state index is 2.93. The van der Waals surface area contributed by atoms with Gasteiger partial charge in [0.25, 0.3) is 0 Å². The first kappa shape index (κ1) is 36.3. The molecule has 0 aromatic carbocycles. The van der Waals surface area contributed by atoms with E-state index in [2.05, 4.69) is 124 Å². The minimum absolute atomic E-state index is 0. The Hall–Kier alpha value is 2.77. The van der Waals surface area contributed by atoms with Gasteiger partial charge in [0.05, 0.1) is 0 Å². The summed E-state index contributed by atoms with van der Waals surface area (Å²) >= 11 is 0. The Kier molecular flexibility index (Phi) is 15.0. The van der Waals surface area contributed by atoms with Crippen LogP contribution in [0.3, 0.4) is 0 Å². The largest absolute Gasteiger partial charge is 0.0739 e. The van der Waals surface area contributed by atoms with Gasteiger partial charge in [-0.15, -0.1) is 0 Å². The molecule has 0 aliphatic carbocycles. The smallest absolute Gasteiger partial charge is 0.0379 e. The molecule has 29 heavy (non-hydrogen) atoms. The molecule has 0 bridgehead atoms. The van der Waals surface area contributed by atoms with Crippen LogP contribution in [0.15, 0.2) is 0 Å². The van der Waals surface area contributed by atoms with Crippen LogP contribution in [0.2, 0.25) is 124 Å². The summed E-state index contributed by atoms with van der Waals surface area (Å²) in [6.45, 7) is 51.4. The predicted octanol–water partition coefficient (Wildman–Crippen LogP) is 7.28. The average Bonchev–Trinajstić information content (AvgIpc) is 2.15. The maximum atomic E-state index is 2.93. The number of hydrogen-bond donors (Lipinski definition) is 0. The molecule has 0 nitrogen and oxygen atoms in total. The third kappa shape index (κ3) is 11.2. The van der Waals surface area contributed by atoms with E-state index in [-0.39, 0.29) is 47.9 Å². The van der Waals surface area contributed by atoms with Gasteiger partial charge in [0.1, 0.15) is 0 Å². The first-order chi connectivity index (χ1) is 11.7. The quantitative estimate of drug-likeness (QED) is 0.252. The van der Waals surface area contributed by atoms with Crippen LogP contribution in [0, 0.1) is 0 Å². The van der Waals surface area contributed by atoms with Gasteiger partial charge in [-0.2, -0.15) is 0 Å². The molecular formula is C19H57SbSi9. The zero-order valence-electron chi connectivity index (χ0n) is 23.9. The van der Waals surface area contributed by atoms with Crippen molar-refractivity contribution in [1.82, 2.24) is 0 Å². The van der Waals surface area contributed by atoms with Crippen molar-refractivity contribution in [3.63, 3.8) is 0 Å². The number of rotatable bonds is 7. The van der Waals surface area contributed by atoms with Crippen LogP contribution >= 0.6 is 0 Å². The van der Waals surface area contributed by atoms with Gasteiger partial charge in [0.2, 0.25) is 0 Å². The molecular weight excluding hydrogens is 603 g/mol. The Balaban J connectivity index is -0.00000123. The molecule has 6 radical (unpaired) electrons. The van der Waals surface area contributed by atoms with Crippen molar-refractivity contribution in [3.8, 4) is 0 Å². The first-order valence-corrected chi connectivity index (χ1v) is 44.2. The summed E-state index contributed by atoms with van der Waals surface area (Å²) in [5.41, 5.74) is 0. The Morgan fingerprint density at radius 1 is 0.345 bits per heavy atom. The molecule has 0 amide bonds. The van der Waals surface area contributed by atoms with E-state index in [0.29, 0.717) is 0 Å². The van der Waals surface area contributed by atoms with Crippen LogP contribution < -0.4 is 0 Å². The van der Waals surface area contributed by atoms with Gasteiger partial charge in [-0.3, -0.25) is 0 Å². The minimum atomic E-state index is -1.13. The molecule has 10 heteroatoms. The zero-order chi connectivity index (χ0) is 23.7. The molecule has 0 aliphatic rings. The van der Waals surface area contributed by atoms with Gasteiger partial charge >= 0.3 is 0 Å². The fourth-order valence-electron chi connectivity index (χ4n) is 6.62. The molecule has 174 valence electrons. The molecule has 0 aromatic rings. The van der Waals surface area contributed by atoms with Gasteiger partial charge in [0, 0.05) is 92.5 Å². The van der Waals surface area contributed by atoms with Crippen molar-refractivity contribution in [3.05, 3.63) is 0 Å². The maximum Gasteiger partial charge on any atom is 0.0379 e. The summed E-state index contributed by atoms with van der Waals surface area (Å²) in [5, 5.41) is 0. The van der Waals surface area contributed by atoms with Gasteiger partial charge in [-0.1, -0.05) is 124 Å². The Morgan fingerprint density at radius 2 is 0.448 bits per heavy atom. The number of hydrogen-bond acceptors (Lipinski definition) is 0. The topological polar surface area (TPSA) is 0 Å². The molecule has 0 spiro atoms. The van der Waals surface area contributed by atoms with Crippen LogP contribution in [0.4, 0.5) is 0 Å². The second kappa shape index (κ2) is 12.0. The summed E-state index contributed by atoms with van der Waals surface area (Å²) in [5.74, 6) is 0. The molecule has 0 unspecified atom stereocenters. The molecule has 0 saturated heterocycles. The van der Waals surface area contributed by atoms with Crippen LogP contribution in [-0.4, -0.2) is 92.5 Å². The van der Waals surface area contributed by atoms with Gasteiger partial charge in [-0.05, 0) is 0 Å². The fourth-order valence-corrected chi connectivity index (χ4v) is 273. The van der Waals surface area contributed by atoms with Crippen molar-refractivity contribution in [2.45, 2.75) is 124 Å². The summed E-state index contributed by atoms with van der Waals surface area (Å²) in [6.07, 6.45) is 0. The van der Waals surface area contributed by atoms with E-state index in [1.165, 1.54) is 0 Å². The van der Waals surface area contributed by atoms with E-state index in [1.807, 2.05) is 0 Å². The molecule has 0 atom stereocenters. The normalized spacial score (nSPS) is 14.7. The Morgan fingerprint density at radius 3 is 0.517 bits per heavy atom. The monoisotopic (exact) mass is 658 g/mol. The predicted molar refractivity (Wildman–Crippen MR) is 169 cm³/mol. The molecule has 0 aliphatic heterocycles. The first-order valence-electron chi connectivity index (χ1n) is 11.2. The molecule has 0 aromatic heterocycles. The van der Waals surface area contributed by atoms with Crippen molar-refractivity contribution in [2.75, 3.05) is 0 Å². The summed E-state index contributed by atoms with van der Waals surface area (Å²) in [7, 11) is -6.49. The van der Waals surface area contributed by atoms with Gasteiger partial charge in [0.15, 0.2) is 0 Å². The SMILES string of the molecule is C[Si](C)(C)[Si]([Si](C)(C)C)[Si](C)(C)[Si](C)(C)[Si]([Si](C)(C)C)[Si](C)(C)C.C[Si](C)C.[Sb]. The van der Waals surface area contributed by atoms with E-state index >= 15 is 0 Å². The summed E-state index contributed by atoms with van der Waals surface area (Å²) in [4.78, 5) is 0. The molecule has 0 rings (SSSR count). The van der Waals surface area contributed by atoms with Gasteiger partial charge in [-0.25, -0.2) is 0 Å². The van der Waals surface area contributed by atoms with Crippen molar-refractivity contribution >= 4 is 92.5 Å². The Bertz CT molecular complexity index is 405. The molecule has 0 heterocycles.